The van der Waals surface area contributed by atoms with Gasteiger partial charge in [-0.05, 0) is 43.3 Å². The fraction of sp³-hybridized carbons (Fsp3) is 0.176. The Kier molecular flexibility index (Phi) is 6.17. The lowest BCUT2D eigenvalue weighted by Crippen LogP contribution is -2.30. The minimum Gasteiger partial charge on any atom is -0.452 e. The summed E-state index contributed by atoms with van der Waals surface area (Å²) in [5.74, 6) is -1.20. The molecule has 120 valence electrons. The molecule has 6 heteroatoms. The van der Waals surface area contributed by atoms with E-state index in [1.165, 1.54) is 43.0 Å². The van der Waals surface area contributed by atoms with Gasteiger partial charge in [-0.3, -0.25) is 9.59 Å². The maximum atomic E-state index is 12.8. The molecule has 0 spiro atoms. The molecule has 0 bridgehead atoms. The second kappa shape index (κ2) is 8.33. The van der Waals surface area contributed by atoms with Crippen molar-refractivity contribution in [3.8, 4) is 0 Å². The number of ether oxygens (including phenoxy) is 1. The van der Waals surface area contributed by atoms with E-state index in [4.69, 9.17) is 4.74 Å². The molecule has 0 aliphatic heterocycles. The van der Waals surface area contributed by atoms with E-state index in [9.17, 15) is 14.0 Å². The van der Waals surface area contributed by atoms with Crippen LogP contribution in [0.5, 0.6) is 0 Å². The molecule has 2 aromatic carbocycles. The molecule has 4 nitrogen and oxygen atoms in total. The number of hydrogen-bond donors (Lipinski definition) is 1. The van der Waals surface area contributed by atoms with Crippen molar-refractivity contribution in [3.05, 3.63) is 60.4 Å². The van der Waals surface area contributed by atoms with Crippen LogP contribution in [0.4, 0.5) is 10.1 Å². The highest BCUT2D eigenvalue weighted by atomic mass is 32.2. The lowest BCUT2D eigenvalue weighted by atomic mass is 10.3. The summed E-state index contributed by atoms with van der Waals surface area (Å²) < 4.78 is 17.9. The first-order valence-electron chi connectivity index (χ1n) is 6.98. The number of esters is 1. The van der Waals surface area contributed by atoms with Gasteiger partial charge in [0.05, 0.1) is 5.75 Å². The van der Waals surface area contributed by atoms with E-state index >= 15 is 0 Å². The Morgan fingerprint density at radius 2 is 1.78 bits per heavy atom. The summed E-state index contributed by atoms with van der Waals surface area (Å²) in [7, 11) is 0. The maximum absolute atomic E-state index is 12.8. The summed E-state index contributed by atoms with van der Waals surface area (Å²) >= 11 is 1.34. The van der Waals surface area contributed by atoms with Crippen LogP contribution >= 0.6 is 11.8 Å². The fourth-order valence-corrected chi connectivity index (χ4v) is 2.42. The Balaban J connectivity index is 1.78. The van der Waals surface area contributed by atoms with E-state index in [1.54, 1.807) is 0 Å². The van der Waals surface area contributed by atoms with E-state index < -0.39 is 18.0 Å². The van der Waals surface area contributed by atoms with Crippen LogP contribution in [0.25, 0.3) is 0 Å². The zero-order valence-corrected chi connectivity index (χ0v) is 13.3. The maximum Gasteiger partial charge on any atom is 0.317 e. The van der Waals surface area contributed by atoms with Crippen molar-refractivity contribution in [1.29, 1.82) is 0 Å². The van der Waals surface area contributed by atoms with Crippen LogP contribution in [0.3, 0.4) is 0 Å². The summed E-state index contributed by atoms with van der Waals surface area (Å²) in [5, 5.41) is 2.56. The fourth-order valence-electron chi connectivity index (χ4n) is 1.72. The summed E-state index contributed by atoms with van der Waals surface area (Å²) in [4.78, 5) is 24.6. The van der Waals surface area contributed by atoms with E-state index in [-0.39, 0.29) is 11.6 Å². The summed E-state index contributed by atoms with van der Waals surface area (Å²) in [6, 6.07) is 14.8. The SMILES string of the molecule is C[C@@H](OC(=O)CSc1ccccc1)C(=O)Nc1ccc(F)cc1. The van der Waals surface area contributed by atoms with Gasteiger partial charge in [-0.2, -0.15) is 0 Å². The molecule has 0 fully saturated rings. The quantitative estimate of drug-likeness (QED) is 0.649. The van der Waals surface area contributed by atoms with Crippen molar-refractivity contribution in [2.75, 3.05) is 11.1 Å². The standard InChI is InChI=1S/C17H16FNO3S/c1-12(17(21)19-14-9-7-13(18)8-10-14)22-16(20)11-23-15-5-3-2-4-6-15/h2-10,12H,11H2,1H3,(H,19,21)/t12-/m1/s1. The van der Waals surface area contributed by atoms with Crippen molar-refractivity contribution in [2.24, 2.45) is 0 Å². The van der Waals surface area contributed by atoms with Crippen LogP contribution < -0.4 is 5.32 Å². The predicted molar refractivity (Wildman–Crippen MR) is 87.7 cm³/mol. The Morgan fingerprint density at radius 1 is 1.13 bits per heavy atom. The third-order valence-corrected chi connectivity index (χ3v) is 3.87. The summed E-state index contributed by atoms with van der Waals surface area (Å²) in [6.07, 6.45) is -0.927. The predicted octanol–water partition coefficient (Wildman–Crippen LogP) is 3.49. The van der Waals surface area contributed by atoms with Gasteiger partial charge in [-0.25, -0.2) is 4.39 Å². The topological polar surface area (TPSA) is 55.4 Å². The van der Waals surface area contributed by atoms with Gasteiger partial charge in [0.15, 0.2) is 6.10 Å². The third-order valence-electron chi connectivity index (χ3n) is 2.89. The molecule has 2 aromatic rings. The minimum atomic E-state index is -0.927. The molecular weight excluding hydrogens is 317 g/mol. The van der Waals surface area contributed by atoms with Crippen LogP contribution in [-0.4, -0.2) is 23.7 Å². The molecule has 0 aliphatic rings. The molecule has 1 N–H and O–H groups in total. The molecule has 0 unspecified atom stereocenters. The number of halogens is 1. The number of nitrogens with one attached hydrogen (secondary N) is 1. The molecule has 1 atom stereocenters. The first-order chi connectivity index (χ1) is 11.0. The van der Waals surface area contributed by atoms with Crippen LogP contribution in [0.2, 0.25) is 0 Å². The molecule has 23 heavy (non-hydrogen) atoms. The number of carbonyl (C=O) groups excluding carboxylic acids is 2. The molecule has 0 heterocycles. The minimum absolute atomic E-state index is 0.123. The van der Waals surface area contributed by atoms with E-state index in [0.717, 1.165) is 4.90 Å². The van der Waals surface area contributed by atoms with Crippen LogP contribution in [0, 0.1) is 5.82 Å². The Bertz CT molecular complexity index is 661. The third kappa shape index (κ3) is 5.75. The number of anilines is 1. The Labute approximate surface area is 138 Å². The monoisotopic (exact) mass is 333 g/mol. The summed E-state index contributed by atoms with van der Waals surface area (Å²) in [5.41, 5.74) is 0.443. The number of carbonyl (C=O) groups is 2. The summed E-state index contributed by atoms with van der Waals surface area (Å²) in [6.45, 7) is 1.49. The molecule has 0 radical (unpaired) electrons. The second-order valence-corrected chi connectivity index (χ2v) is 5.78. The van der Waals surface area contributed by atoms with Crippen molar-refractivity contribution >= 4 is 29.3 Å². The Morgan fingerprint density at radius 3 is 2.43 bits per heavy atom. The number of amides is 1. The van der Waals surface area contributed by atoms with Crippen molar-refractivity contribution in [1.82, 2.24) is 0 Å². The van der Waals surface area contributed by atoms with Crippen LogP contribution in [0.15, 0.2) is 59.5 Å². The van der Waals surface area contributed by atoms with E-state index in [1.807, 2.05) is 30.3 Å². The Hall–Kier alpha value is -2.34. The largest absolute Gasteiger partial charge is 0.452 e. The van der Waals surface area contributed by atoms with E-state index in [2.05, 4.69) is 5.32 Å². The molecule has 0 aliphatic carbocycles. The first kappa shape index (κ1) is 17.0. The zero-order chi connectivity index (χ0) is 16.7. The van der Waals surface area contributed by atoms with Gasteiger partial charge < -0.3 is 10.1 Å². The molecular formula is C17H16FNO3S. The number of hydrogen-bond acceptors (Lipinski definition) is 4. The van der Waals surface area contributed by atoms with Crippen molar-refractivity contribution < 1.29 is 18.7 Å². The number of rotatable bonds is 6. The normalized spacial score (nSPS) is 11.6. The molecule has 0 aromatic heterocycles. The van der Waals surface area contributed by atoms with Gasteiger partial charge in [0.25, 0.3) is 5.91 Å². The number of thioether (sulfide) groups is 1. The highest BCUT2D eigenvalue weighted by molar-refractivity contribution is 8.00. The highest BCUT2D eigenvalue weighted by Gasteiger charge is 2.18. The van der Waals surface area contributed by atoms with Crippen molar-refractivity contribution in [2.45, 2.75) is 17.9 Å². The molecule has 1 amide bonds. The second-order valence-electron chi connectivity index (χ2n) is 4.73. The zero-order valence-electron chi connectivity index (χ0n) is 12.5. The van der Waals surface area contributed by atoms with Crippen LogP contribution in [-0.2, 0) is 14.3 Å². The lowest BCUT2D eigenvalue weighted by Gasteiger charge is -2.13. The average Bonchev–Trinajstić information content (AvgIpc) is 2.56. The first-order valence-corrected chi connectivity index (χ1v) is 7.97. The van der Waals surface area contributed by atoms with Gasteiger partial charge >= 0.3 is 5.97 Å². The van der Waals surface area contributed by atoms with Crippen LogP contribution in [0.1, 0.15) is 6.92 Å². The highest BCUT2D eigenvalue weighted by Crippen LogP contribution is 2.17. The average molecular weight is 333 g/mol. The molecule has 0 saturated heterocycles. The van der Waals surface area contributed by atoms with Gasteiger partial charge in [-0.1, -0.05) is 18.2 Å². The lowest BCUT2D eigenvalue weighted by molar-refractivity contribution is -0.150. The molecule has 2 rings (SSSR count). The van der Waals surface area contributed by atoms with Crippen molar-refractivity contribution in [3.63, 3.8) is 0 Å². The van der Waals surface area contributed by atoms with Gasteiger partial charge in [0, 0.05) is 10.6 Å². The van der Waals surface area contributed by atoms with Gasteiger partial charge in [-0.15, -0.1) is 11.8 Å². The number of benzene rings is 2. The smallest absolute Gasteiger partial charge is 0.317 e. The van der Waals surface area contributed by atoms with E-state index in [0.29, 0.717) is 5.69 Å². The molecule has 0 saturated carbocycles. The van der Waals surface area contributed by atoms with Gasteiger partial charge in [0.1, 0.15) is 5.82 Å². The van der Waals surface area contributed by atoms with Gasteiger partial charge in [0.2, 0.25) is 0 Å².